The predicted molar refractivity (Wildman–Crippen MR) is 109 cm³/mol. The fraction of sp³-hybridized carbons (Fsp3) is 0.545. The van der Waals surface area contributed by atoms with E-state index in [0.717, 1.165) is 23.0 Å². The predicted octanol–water partition coefficient (Wildman–Crippen LogP) is 6.17. The van der Waals surface area contributed by atoms with E-state index in [1.165, 1.54) is 11.1 Å². The quantitative estimate of drug-likeness (QED) is 0.615. The van der Waals surface area contributed by atoms with E-state index in [2.05, 4.69) is 71.6 Å². The summed E-state index contributed by atoms with van der Waals surface area (Å²) in [7, 11) is 0. The first-order valence-corrected chi connectivity index (χ1v) is 9.56. The summed E-state index contributed by atoms with van der Waals surface area (Å²) in [4.78, 5) is 2.38. The molecule has 0 saturated heterocycles. The summed E-state index contributed by atoms with van der Waals surface area (Å²) in [5.74, 6) is 0.612. The number of rotatable bonds is 1. The zero-order valence-corrected chi connectivity index (χ0v) is 17.2. The normalized spacial score (nSPS) is 19.4. The molecule has 0 amide bonds. The largest absolute Gasteiger partial charge is 0.507 e. The van der Waals surface area contributed by atoms with Gasteiger partial charge in [-0.05, 0) is 49.6 Å². The molecular formula is C22H30ClNO. The molecule has 2 atom stereocenters. The Hall–Kier alpha value is -1.41. The highest BCUT2D eigenvalue weighted by molar-refractivity contribution is 6.21. The number of phenols is 1. The third-order valence-electron chi connectivity index (χ3n) is 5.41. The monoisotopic (exact) mass is 359 g/mol. The molecule has 0 fully saturated rings. The van der Waals surface area contributed by atoms with Gasteiger partial charge in [-0.2, -0.15) is 0 Å². The molecule has 3 rings (SSSR count). The minimum Gasteiger partial charge on any atom is -0.507 e. The van der Waals surface area contributed by atoms with Crippen molar-refractivity contribution in [2.45, 2.75) is 70.7 Å². The zero-order chi connectivity index (χ0) is 18.7. The molecule has 1 aliphatic rings. The Balaban J connectivity index is 2.35. The smallest absolute Gasteiger partial charge is 0.125 e. The molecule has 136 valence electrons. The van der Waals surface area contributed by atoms with Gasteiger partial charge >= 0.3 is 0 Å². The number of hydrogen-bond acceptors (Lipinski definition) is 2. The number of anilines is 1. The number of aromatic hydroxyl groups is 1. The molecule has 0 aromatic heterocycles. The fourth-order valence-electron chi connectivity index (χ4n) is 3.89. The van der Waals surface area contributed by atoms with Crippen LogP contribution < -0.4 is 4.90 Å². The van der Waals surface area contributed by atoms with Gasteiger partial charge in [0.15, 0.2) is 0 Å². The molecule has 0 bridgehead atoms. The van der Waals surface area contributed by atoms with Gasteiger partial charge in [0.25, 0.3) is 0 Å². The Bertz CT molecular complexity index is 811. The SMILES string of the molecule is C[C@@H](Cl)[C@@H]1CN(C(C)(C)C)c2cc(O)c3ccc(C(C)(C)C)cc3c21. The Kier molecular flexibility index (Phi) is 4.27. The molecule has 3 heteroatoms. The van der Waals surface area contributed by atoms with Crippen LogP contribution in [-0.4, -0.2) is 22.6 Å². The topological polar surface area (TPSA) is 23.5 Å². The third-order valence-corrected chi connectivity index (χ3v) is 5.71. The first-order chi connectivity index (χ1) is 11.4. The Morgan fingerprint density at radius 2 is 1.72 bits per heavy atom. The maximum Gasteiger partial charge on any atom is 0.125 e. The van der Waals surface area contributed by atoms with Crippen LogP contribution in [0, 0.1) is 0 Å². The molecule has 0 saturated carbocycles. The van der Waals surface area contributed by atoms with Gasteiger partial charge in [0.1, 0.15) is 5.75 Å². The summed E-state index contributed by atoms with van der Waals surface area (Å²) >= 11 is 6.61. The molecule has 25 heavy (non-hydrogen) atoms. The van der Waals surface area contributed by atoms with Gasteiger partial charge in [-0.3, -0.25) is 0 Å². The second-order valence-corrected chi connectivity index (χ2v) is 10.1. The summed E-state index contributed by atoms with van der Waals surface area (Å²) in [6.07, 6.45) is 0. The van der Waals surface area contributed by atoms with Crippen LogP contribution >= 0.6 is 11.6 Å². The van der Waals surface area contributed by atoms with Crippen LogP contribution in [0.3, 0.4) is 0 Å². The lowest BCUT2D eigenvalue weighted by atomic mass is 9.83. The fourth-order valence-corrected chi connectivity index (χ4v) is 4.10. The van der Waals surface area contributed by atoms with Crippen molar-refractivity contribution < 1.29 is 5.11 Å². The average molecular weight is 360 g/mol. The molecular weight excluding hydrogens is 330 g/mol. The van der Waals surface area contributed by atoms with E-state index in [-0.39, 0.29) is 22.2 Å². The molecule has 2 aromatic carbocycles. The molecule has 0 radical (unpaired) electrons. The van der Waals surface area contributed by atoms with E-state index in [1.54, 1.807) is 0 Å². The van der Waals surface area contributed by atoms with Crippen LogP contribution in [0.4, 0.5) is 5.69 Å². The summed E-state index contributed by atoms with van der Waals surface area (Å²) in [6.45, 7) is 16.3. The minimum atomic E-state index is -0.0168. The second kappa shape index (κ2) is 5.81. The third kappa shape index (κ3) is 3.10. The second-order valence-electron chi connectivity index (χ2n) is 9.40. The van der Waals surface area contributed by atoms with E-state index in [4.69, 9.17) is 11.6 Å². The number of phenolic OH excluding ortho intramolecular Hbond substituents is 1. The van der Waals surface area contributed by atoms with Gasteiger partial charge in [-0.25, -0.2) is 0 Å². The molecule has 1 heterocycles. The van der Waals surface area contributed by atoms with Crippen LogP contribution in [-0.2, 0) is 5.41 Å². The van der Waals surface area contributed by atoms with Gasteiger partial charge in [0.05, 0.1) is 0 Å². The maximum absolute atomic E-state index is 10.7. The standard InChI is InChI=1S/C22H30ClNO/c1-13(23)17-12-24(22(5,6)7)18-11-19(25)15-9-8-14(21(2,3)4)10-16(15)20(17)18/h8-11,13,17,25H,12H2,1-7H3/t13-,17+/m1/s1. The number of halogens is 1. The van der Waals surface area contributed by atoms with Gasteiger partial charge in [0.2, 0.25) is 0 Å². The lowest BCUT2D eigenvalue weighted by Crippen LogP contribution is -2.41. The van der Waals surface area contributed by atoms with Gasteiger partial charge < -0.3 is 10.0 Å². The molecule has 2 nitrogen and oxygen atoms in total. The van der Waals surface area contributed by atoms with Crippen LogP contribution in [0.5, 0.6) is 5.75 Å². The van der Waals surface area contributed by atoms with Crippen molar-refractivity contribution >= 4 is 28.1 Å². The number of benzene rings is 2. The van der Waals surface area contributed by atoms with E-state index in [0.29, 0.717) is 5.75 Å². The highest BCUT2D eigenvalue weighted by atomic mass is 35.5. The minimum absolute atomic E-state index is 0.0168. The molecule has 2 aromatic rings. The highest BCUT2D eigenvalue weighted by Gasteiger charge is 2.38. The van der Waals surface area contributed by atoms with Crippen molar-refractivity contribution in [1.29, 1.82) is 0 Å². The van der Waals surface area contributed by atoms with Crippen LogP contribution in [0.25, 0.3) is 10.8 Å². The first kappa shape index (κ1) is 18.4. The molecule has 0 spiro atoms. The molecule has 0 unspecified atom stereocenters. The van der Waals surface area contributed by atoms with E-state index in [9.17, 15) is 5.11 Å². The Labute approximate surface area is 156 Å². The number of alkyl halides is 1. The number of nitrogens with zero attached hydrogens (tertiary/aromatic N) is 1. The van der Waals surface area contributed by atoms with Crippen molar-refractivity contribution in [3.05, 3.63) is 35.4 Å². The first-order valence-electron chi connectivity index (χ1n) is 9.13. The lowest BCUT2D eigenvalue weighted by molar-refractivity contribution is 0.479. The van der Waals surface area contributed by atoms with Crippen LogP contribution in [0.1, 0.15) is 65.5 Å². The van der Waals surface area contributed by atoms with Gasteiger partial charge in [-0.15, -0.1) is 11.6 Å². The van der Waals surface area contributed by atoms with Crippen LogP contribution in [0.2, 0.25) is 0 Å². The summed E-state index contributed by atoms with van der Waals surface area (Å²) < 4.78 is 0. The van der Waals surface area contributed by atoms with Crippen molar-refractivity contribution in [3.8, 4) is 5.75 Å². The molecule has 0 aliphatic carbocycles. The van der Waals surface area contributed by atoms with E-state index in [1.807, 2.05) is 6.07 Å². The molecule has 1 aliphatic heterocycles. The van der Waals surface area contributed by atoms with Crippen molar-refractivity contribution in [3.63, 3.8) is 0 Å². The van der Waals surface area contributed by atoms with Crippen molar-refractivity contribution in [2.75, 3.05) is 11.4 Å². The Morgan fingerprint density at radius 3 is 2.24 bits per heavy atom. The summed E-state index contributed by atoms with van der Waals surface area (Å²) in [6, 6.07) is 8.37. The Morgan fingerprint density at radius 1 is 1.08 bits per heavy atom. The van der Waals surface area contributed by atoms with E-state index < -0.39 is 0 Å². The number of fused-ring (bicyclic) bond motifs is 3. The van der Waals surface area contributed by atoms with Crippen molar-refractivity contribution in [1.82, 2.24) is 0 Å². The average Bonchev–Trinajstić information content (AvgIpc) is 2.85. The van der Waals surface area contributed by atoms with Crippen LogP contribution in [0.15, 0.2) is 24.3 Å². The maximum atomic E-state index is 10.7. The summed E-state index contributed by atoms with van der Waals surface area (Å²) in [5, 5.41) is 12.8. The zero-order valence-electron chi connectivity index (χ0n) is 16.4. The highest BCUT2D eigenvalue weighted by Crippen LogP contribution is 2.49. The van der Waals surface area contributed by atoms with E-state index >= 15 is 0 Å². The number of hydrogen-bond donors (Lipinski definition) is 1. The summed E-state index contributed by atoms with van der Waals surface area (Å²) in [5.41, 5.74) is 3.74. The van der Waals surface area contributed by atoms with Crippen molar-refractivity contribution in [2.24, 2.45) is 0 Å². The van der Waals surface area contributed by atoms with Gasteiger partial charge in [-0.1, -0.05) is 39.0 Å². The molecule has 1 N–H and O–H groups in total. The van der Waals surface area contributed by atoms with Gasteiger partial charge in [0, 0.05) is 40.5 Å². The lowest BCUT2D eigenvalue weighted by Gasteiger charge is -2.35.